The summed E-state index contributed by atoms with van der Waals surface area (Å²) in [6, 6.07) is 0. The van der Waals surface area contributed by atoms with Crippen LogP contribution in [0.2, 0.25) is 0 Å². The lowest BCUT2D eigenvalue weighted by molar-refractivity contribution is -0.129. The molecule has 0 bridgehead atoms. The summed E-state index contributed by atoms with van der Waals surface area (Å²) in [5.74, 6) is -1.59. The molecule has 0 aliphatic carbocycles. The van der Waals surface area contributed by atoms with E-state index >= 15 is 0 Å². The van der Waals surface area contributed by atoms with Gasteiger partial charge in [0.15, 0.2) is 5.13 Å². The van der Waals surface area contributed by atoms with Crippen molar-refractivity contribution >= 4 is 28.3 Å². The molecule has 0 spiro atoms. The maximum Gasteiger partial charge on any atom is 0.361 e. The van der Waals surface area contributed by atoms with E-state index in [0.29, 0.717) is 0 Å². The molecule has 4 N–H and O–H groups in total. The number of carboxylic acid groups (broad SMARTS) is 1. The molecule has 64 valence electrons. The summed E-state index contributed by atoms with van der Waals surface area (Å²) in [5, 5.41) is 19.3. The molecule has 8 heteroatoms. The zero-order valence-electron chi connectivity index (χ0n) is 5.63. The number of nitrogens with two attached hydrogens (primary N) is 1. The molecule has 12 heavy (non-hydrogen) atoms. The van der Waals surface area contributed by atoms with Crippen molar-refractivity contribution in [1.82, 2.24) is 9.36 Å². The van der Waals surface area contributed by atoms with Gasteiger partial charge in [0.1, 0.15) is 0 Å². The van der Waals surface area contributed by atoms with Crippen LogP contribution < -0.4 is 5.73 Å². The molecule has 0 atom stereocenters. The number of carboxylic acids is 1. The van der Waals surface area contributed by atoms with Crippen LogP contribution >= 0.6 is 11.5 Å². The van der Waals surface area contributed by atoms with Gasteiger partial charge in [0.2, 0.25) is 11.5 Å². The molecular formula is C4H4N4O3S. The van der Waals surface area contributed by atoms with Crippen LogP contribution in [-0.2, 0) is 4.79 Å². The average Bonchev–Trinajstić information content (AvgIpc) is 2.37. The fraction of sp³-hybridized carbons (Fsp3) is 0. The Morgan fingerprint density at radius 2 is 2.33 bits per heavy atom. The zero-order chi connectivity index (χ0) is 9.14. The van der Waals surface area contributed by atoms with Crippen LogP contribution in [0.25, 0.3) is 0 Å². The summed E-state index contributed by atoms with van der Waals surface area (Å²) in [5.41, 5.74) is 4.56. The van der Waals surface area contributed by atoms with Gasteiger partial charge in [-0.2, -0.15) is 9.36 Å². The molecule has 0 aliphatic heterocycles. The van der Waals surface area contributed by atoms with Gasteiger partial charge < -0.3 is 16.0 Å². The van der Waals surface area contributed by atoms with Crippen molar-refractivity contribution in [3.05, 3.63) is 5.82 Å². The van der Waals surface area contributed by atoms with Crippen molar-refractivity contribution in [2.75, 3.05) is 5.73 Å². The topological polar surface area (TPSA) is 122 Å². The van der Waals surface area contributed by atoms with Gasteiger partial charge in [-0.05, 0) is 0 Å². The number of rotatable bonds is 2. The van der Waals surface area contributed by atoms with Gasteiger partial charge in [-0.25, -0.2) is 4.79 Å². The summed E-state index contributed by atoms with van der Waals surface area (Å²) < 4.78 is 3.54. The second-order valence-electron chi connectivity index (χ2n) is 1.71. The minimum atomic E-state index is -1.41. The van der Waals surface area contributed by atoms with Crippen LogP contribution in [0.15, 0.2) is 5.16 Å². The third-order valence-electron chi connectivity index (χ3n) is 0.956. The summed E-state index contributed by atoms with van der Waals surface area (Å²) in [6.07, 6.45) is 0. The van der Waals surface area contributed by atoms with Crippen molar-refractivity contribution in [2.24, 2.45) is 5.16 Å². The van der Waals surface area contributed by atoms with Crippen LogP contribution in [0.1, 0.15) is 5.82 Å². The Hall–Kier alpha value is -1.70. The number of aromatic nitrogens is 2. The first-order chi connectivity index (χ1) is 5.65. The summed E-state index contributed by atoms with van der Waals surface area (Å²) in [7, 11) is 0. The minimum Gasteiger partial charge on any atom is -0.476 e. The average molecular weight is 188 g/mol. The molecule has 0 radical (unpaired) electrons. The van der Waals surface area contributed by atoms with E-state index in [1.54, 1.807) is 0 Å². The Labute approximate surface area is 70.3 Å². The van der Waals surface area contributed by atoms with Crippen LogP contribution in [-0.4, -0.2) is 31.4 Å². The van der Waals surface area contributed by atoms with E-state index in [4.69, 9.17) is 16.0 Å². The van der Waals surface area contributed by atoms with Crippen molar-refractivity contribution in [1.29, 1.82) is 0 Å². The molecule has 7 nitrogen and oxygen atoms in total. The SMILES string of the molecule is Nc1nc(/C(=N/O)C(=O)O)ns1. The molecule has 1 rings (SSSR count). The fourth-order valence-electron chi connectivity index (χ4n) is 0.515. The third-order valence-corrected chi connectivity index (χ3v) is 1.50. The van der Waals surface area contributed by atoms with E-state index in [1.807, 2.05) is 0 Å². The number of hydrogen-bond donors (Lipinski definition) is 3. The molecule has 1 aromatic rings. The van der Waals surface area contributed by atoms with Gasteiger partial charge in [-0.15, -0.1) is 0 Å². The number of carbonyl (C=O) groups is 1. The van der Waals surface area contributed by atoms with Gasteiger partial charge in [-0.3, -0.25) is 0 Å². The first-order valence-electron chi connectivity index (χ1n) is 2.70. The van der Waals surface area contributed by atoms with Crippen molar-refractivity contribution < 1.29 is 15.1 Å². The number of anilines is 1. The Balaban J connectivity index is 3.04. The highest BCUT2D eigenvalue weighted by Crippen LogP contribution is 2.06. The summed E-state index contributed by atoms with van der Waals surface area (Å²) >= 11 is 0.827. The number of aliphatic carboxylic acids is 1. The maximum absolute atomic E-state index is 10.3. The number of nitrogen functional groups attached to an aromatic ring is 1. The maximum atomic E-state index is 10.3. The standard InChI is InChI=1S/C4H4N4O3S/c5-4-6-2(8-12-4)1(7-11)3(9)10/h11H,(H,9,10)(H2,5,6,8)/b7-1-. The molecule has 0 unspecified atom stereocenters. The van der Waals surface area contributed by atoms with Gasteiger partial charge >= 0.3 is 5.97 Å². The normalized spacial score (nSPS) is 11.5. The summed E-state index contributed by atoms with van der Waals surface area (Å²) in [6.45, 7) is 0. The Bertz CT molecular complexity index is 333. The largest absolute Gasteiger partial charge is 0.476 e. The molecule has 0 amide bonds. The molecule has 0 aromatic carbocycles. The molecular weight excluding hydrogens is 184 g/mol. The third kappa shape index (κ3) is 1.48. The van der Waals surface area contributed by atoms with Crippen molar-refractivity contribution in [2.45, 2.75) is 0 Å². The van der Waals surface area contributed by atoms with Crippen LogP contribution in [0.5, 0.6) is 0 Å². The number of hydrogen-bond acceptors (Lipinski definition) is 7. The second kappa shape index (κ2) is 3.13. The molecule has 0 saturated carbocycles. The lowest BCUT2D eigenvalue weighted by Gasteiger charge is -1.89. The van der Waals surface area contributed by atoms with Crippen molar-refractivity contribution in [3.63, 3.8) is 0 Å². The first-order valence-corrected chi connectivity index (χ1v) is 3.47. The van der Waals surface area contributed by atoms with Crippen LogP contribution in [0.3, 0.4) is 0 Å². The summed E-state index contributed by atoms with van der Waals surface area (Å²) in [4.78, 5) is 13.8. The number of nitrogens with zero attached hydrogens (tertiary/aromatic N) is 3. The van der Waals surface area contributed by atoms with Crippen LogP contribution in [0.4, 0.5) is 5.13 Å². The van der Waals surface area contributed by atoms with Crippen molar-refractivity contribution in [3.8, 4) is 0 Å². The first kappa shape index (κ1) is 8.40. The molecule has 1 heterocycles. The quantitative estimate of drug-likeness (QED) is 0.323. The molecule has 0 saturated heterocycles. The van der Waals surface area contributed by atoms with E-state index < -0.39 is 11.7 Å². The van der Waals surface area contributed by atoms with Gasteiger partial charge in [0, 0.05) is 11.5 Å². The molecule has 1 aromatic heterocycles. The van der Waals surface area contributed by atoms with E-state index in [9.17, 15) is 4.79 Å². The van der Waals surface area contributed by atoms with Crippen LogP contribution in [0, 0.1) is 0 Å². The lowest BCUT2D eigenvalue weighted by atomic mass is 10.4. The van der Waals surface area contributed by atoms with E-state index in [-0.39, 0.29) is 11.0 Å². The second-order valence-corrected chi connectivity index (χ2v) is 2.49. The highest BCUT2D eigenvalue weighted by Gasteiger charge is 2.17. The smallest absolute Gasteiger partial charge is 0.361 e. The predicted octanol–water partition coefficient (Wildman–Crippen LogP) is -0.617. The fourth-order valence-corrected chi connectivity index (χ4v) is 0.949. The monoisotopic (exact) mass is 188 g/mol. The number of oxime groups is 1. The molecule has 0 fully saturated rings. The zero-order valence-corrected chi connectivity index (χ0v) is 6.45. The van der Waals surface area contributed by atoms with Gasteiger partial charge in [0.25, 0.3) is 0 Å². The van der Waals surface area contributed by atoms with E-state index in [1.165, 1.54) is 0 Å². The van der Waals surface area contributed by atoms with E-state index in [2.05, 4.69) is 14.5 Å². The van der Waals surface area contributed by atoms with Gasteiger partial charge in [-0.1, -0.05) is 5.16 Å². The van der Waals surface area contributed by atoms with Gasteiger partial charge in [0.05, 0.1) is 0 Å². The highest BCUT2D eigenvalue weighted by atomic mass is 32.1. The lowest BCUT2D eigenvalue weighted by Crippen LogP contribution is -2.16. The molecule has 0 aliphatic rings. The predicted molar refractivity (Wildman–Crippen MR) is 40.3 cm³/mol. The minimum absolute atomic E-state index is 0.118. The highest BCUT2D eigenvalue weighted by molar-refractivity contribution is 7.09. The Kier molecular flexibility index (Phi) is 2.19. The Morgan fingerprint density at radius 1 is 1.67 bits per heavy atom. The Morgan fingerprint density at radius 3 is 2.67 bits per heavy atom. The van der Waals surface area contributed by atoms with E-state index in [0.717, 1.165) is 11.5 Å².